The Labute approximate surface area is 158 Å². The first kappa shape index (κ1) is 17.9. The van der Waals surface area contributed by atoms with Crippen molar-refractivity contribution in [3.8, 4) is 5.75 Å². The molecule has 1 unspecified atom stereocenters. The van der Waals surface area contributed by atoms with Crippen LogP contribution in [0.3, 0.4) is 0 Å². The molecule has 26 heavy (non-hydrogen) atoms. The maximum absolute atomic E-state index is 12.1. The van der Waals surface area contributed by atoms with Crippen molar-refractivity contribution in [2.75, 3.05) is 6.61 Å². The summed E-state index contributed by atoms with van der Waals surface area (Å²) < 4.78 is 5.67. The number of thiocarbonyl (C=S) groups is 1. The number of nitrogens with one attached hydrogen (secondary N) is 2. The van der Waals surface area contributed by atoms with E-state index in [-0.39, 0.29) is 23.7 Å². The second-order valence-electron chi connectivity index (χ2n) is 5.92. The zero-order valence-corrected chi connectivity index (χ0v) is 15.3. The van der Waals surface area contributed by atoms with Crippen molar-refractivity contribution in [1.29, 1.82) is 0 Å². The van der Waals surface area contributed by atoms with Gasteiger partial charge in [0.05, 0.1) is 6.04 Å². The number of fused-ring (bicyclic) bond motifs is 1. The van der Waals surface area contributed by atoms with Crippen LogP contribution in [0, 0.1) is 0 Å². The number of rotatable bonds is 5. The Morgan fingerprint density at radius 1 is 1.00 bits per heavy atom. The minimum absolute atomic E-state index is 0.00276. The van der Waals surface area contributed by atoms with Gasteiger partial charge < -0.3 is 15.4 Å². The van der Waals surface area contributed by atoms with Crippen LogP contribution in [0.1, 0.15) is 18.5 Å². The van der Waals surface area contributed by atoms with Gasteiger partial charge in [0.1, 0.15) is 5.75 Å². The molecule has 0 saturated carbocycles. The quantitative estimate of drug-likeness (QED) is 0.673. The van der Waals surface area contributed by atoms with Crippen LogP contribution in [0.15, 0.2) is 72.8 Å². The first-order valence-electron chi connectivity index (χ1n) is 8.39. The second kappa shape index (κ2) is 8.45. The van der Waals surface area contributed by atoms with Crippen molar-refractivity contribution in [2.24, 2.45) is 0 Å². The number of hydrogen-bond donors (Lipinski definition) is 2. The minimum atomic E-state index is -0.296. The lowest BCUT2D eigenvalue weighted by molar-refractivity contribution is -0.121. The number of benzene rings is 3. The van der Waals surface area contributed by atoms with Crippen LogP contribution in [0.2, 0.25) is 0 Å². The van der Waals surface area contributed by atoms with Crippen molar-refractivity contribution in [1.82, 2.24) is 10.6 Å². The number of amides is 1. The highest BCUT2D eigenvalue weighted by molar-refractivity contribution is 7.80. The maximum Gasteiger partial charge on any atom is 0.264 e. The molecule has 5 heteroatoms. The van der Waals surface area contributed by atoms with E-state index in [9.17, 15) is 4.79 Å². The van der Waals surface area contributed by atoms with Gasteiger partial charge in [-0.2, -0.15) is 0 Å². The van der Waals surface area contributed by atoms with Crippen molar-refractivity contribution >= 4 is 34.0 Å². The van der Waals surface area contributed by atoms with Crippen LogP contribution < -0.4 is 15.4 Å². The molecule has 0 heterocycles. The predicted molar refractivity (Wildman–Crippen MR) is 108 cm³/mol. The van der Waals surface area contributed by atoms with E-state index in [1.165, 1.54) is 0 Å². The minimum Gasteiger partial charge on any atom is -0.483 e. The van der Waals surface area contributed by atoms with Crippen molar-refractivity contribution < 1.29 is 9.53 Å². The molecule has 0 bridgehead atoms. The largest absolute Gasteiger partial charge is 0.483 e. The van der Waals surface area contributed by atoms with Crippen LogP contribution in [0.5, 0.6) is 5.75 Å². The Hall–Kier alpha value is -2.92. The first-order chi connectivity index (χ1) is 12.6. The van der Waals surface area contributed by atoms with Crippen molar-refractivity contribution in [3.05, 3.63) is 78.4 Å². The predicted octanol–water partition coefficient (Wildman–Crippen LogP) is 3.97. The van der Waals surface area contributed by atoms with E-state index in [2.05, 4.69) is 10.6 Å². The summed E-state index contributed by atoms with van der Waals surface area (Å²) in [6.07, 6.45) is 0. The molecule has 3 aromatic rings. The molecule has 2 N–H and O–H groups in total. The van der Waals surface area contributed by atoms with Gasteiger partial charge in [-0.3, -0.25) is 4.79 Å². The fourth-order valence-corrected chi connectivity index (χ4v) is 2.98. The highest BCUT2D eigenvalue weighted by Crippen LogP contribution is 2.24. The second-order valence-corrected chi connectivity index (χ2v) is 6.33. The molecule has 0 spiro atoms. The summed E-state index contributed by atoms with van der Waals surface area (Å²) in [5.41, 5.74) is 1.09. The van der Waals surface area contributed by atoms with Gasteiger partial charge in [-0.25, -0.2) is 0 Å². The van der Waals surface area contributed by atoms with Crippen LogP contribution in [-0.2, 0) is 4.79 Å². The van der Waals surface area contributed by atoms with Crippen molar-refractivity contribution in [2.45, 2.75) is 13.0 Å². The highest BCUT2D eigenvalue weighted by atomic mass is 32.1. The zero-order valence-electron chi connectivity index (χ0n) is 14.4. The summed E-state index contributed by atoms with van der Waals surface area (Å²) in [6, 6.07) is 23.6. The first-order valence-corrected chi connectivity index (χ1v) is 8.80. The van der Waals surface area contributed by atoms with E-state index in [0.717, 1.165) is 16.3 Å². The normalized spacial score (nSPS) is 11.6. The Kier molecular flexibility index (Phi) is 5.81. The van der Waals surface area contributed by atoms with E-state index < -0.39 is 0 Å². The smallest absolute Gasteiger partial charge is 0.264 e. The van der Waals surface area contributed by atoms with Gasteiger partial charge in [-0.1, -0.05) is 66.7 Å². The van der Waals surface area contributed by atoms with Gasteiger partial charge in [0.2, 0.25) is 0 Å². The van der Waals surface area contributed by atoms with Crippen LogP contribution in [-0.4, -0.2) is 17.6 Å². The standard InChI is InChI=1S/C21H20N2O2S/c1-15(16-8-3-2-4-9-16)22-21(26)23-20(24)14-25-19-13-7-11-17-10-5-6-12-18(17)19/h2-13,15H,14H2,1H3,(H2,22,23,24,26). The lowest BCUT2D eigenvalue weighted by atomic mass is 10.1. The van der Waals surface area contributed by atoms with Gasteiger partial charge in [-0.15, -0.1) is 0 Å². The molecule has 3 rings (SSSR count). The molecule has 4 nitrogen and oxygen atoms in total. The number of carbonyl (C=O) groups excluding carboxylic acids is 1. The average molecular weight is 364 g/mol. The Morgan fingerprint density at radius 2 is 1.69 bits per heavy atom. The van der Waals surface area contributed by atoms with Crippen molar-refractivity contribution in [3.63, 3.8) is 0 Å². The number of hydrogen-bond acceptors (Lipinski definition) is 3. The number of carbonyl (C=O) groups is 1. The molecule has 132 valence electrons. The monoisotopic (exact) mass is 364 g/mol. The number of ether oxygens (including phenoxy) is 1. The maximum atomic E-state index is 12.1. The van der Waals surface area contributed by atoms with Crippen LogP contribution >= 0.6 is 12.2 Å². The molecule has 0 saturated heterocycles. The zero-order chi connectivity index (χ0) is 18.4. The highest BCUT2D eigenvalue weighted by Gasteiger charge is 2.10. The lowest BCUT2D eigenvalue weighted by Crippen LogP contribution is -2.42. The van der Waals surface area contributed by atoms with Crippen LogP contribution in [0.4, 0.5) is 0 Å². The van der Waals surface area contributed by atoms with E-state index in [0.29, 0.717) is 5.75 Å². The topological polar surface area (TPSA) is 50.4 Å². The third-order valence-electron chi connectivity index (χ3n) is 4.01. The fraction of sp³-hybridized carbons (Fsp3) is 0.143. The summed E-state index contributed by atoms with van der Waals surface area (Å²) in [6.45, 7) is 1.88. The lowest BCUT2D eigenvalue weighted by Gasteiger charge is -2.17. The molecule has 0 aliphatic rings. The molecular weight excluding hydrogens is 344 g/mol. The summed E-state index contributed by atoms with van der Waals surface area (Å²) in [4.78, 5) is 12.1. The molecule has 0 aromatic heterocycles. The van der Waals surface area contributed by atoms with Gasteiger partial charge in [0.25, 0.3) is 5.91 Å². The molecule has 0 aliphatic heterocycles. The Bertz CT molecular complexity index is 907. The third-order valence-corrected chi connectivity index (χ3v) is 4.23. The van der Waals surface area contributed by atoms with E-state index in [1.54, 1.807) is 0 Å². The van der Waals surface area contributed by atoms with E-state index in [4.69, 9.17) is 17.0 Å². The molecular formula is C21H20N2O2S. The summed E-state index contributed by atoms with van der Waals surface area (Å²) in [7, 11) is 0. The molecule has 1 amide bonds. The molecule has 3 aromatic carbocycles. The SMILES string of the molecule is CC(NC(=S)NC(=O)COc1cccc2ccccc12)c1ccccc1. The molecule has 1 atom stereocenters. The van der Waals surface area contributed by atoms with Gasteiger partial charge in [0, 0.05) is 5.39 Å². The third kappa shape index (κ3) is 4.58. The Balaban J connectivity index is 1.53. The van der Waals surface area contributed by atoms with Gasteiger partial charge in [0.15, 0.2) is 11.7 Å². The molecule has 0 radical (unpaired) electrons. The molecule has 0 fully saturated rings. The average Bonchev–Trinajstić information content (AvgIpc) is 2.67. The van der Waals surface area contributed by atoms with Gasteiger partial charge in [-0.05, 0) is 36.2 Å². The fourth-order valence-electron chi connectivity index (χ4n) is 2.69. The van der Waals surface area contributed by atoms with E-state index >= 15 is 0 Å². The molecule has 0 aliphatic carbocycles. The summed E-state index contributed by atoms with van der Waals surface area (Å²) >= 11 is 5.22. The summed E-state index contributed by atoms with van der Waals surface area (Å²) in [5, 5.41) is 8.08. The summed E-state index contributed by atoms with van der Waals surface area (Å²) in [5.74, 6) is 0.380. The Morgan fingerprint density at radius 3 is 2.50 bits per heavy atom. The van der Waals surface area contributed by atoms with E-state index in [1.807, 2.05) is 79.7 Å². The van der Waals surface area contributed by atoms with Crippen LogP contribution in [0.25, 0.3) is 10.8 Å². The van der Waals surface area contributed by atoms with Gasteiger partial charge >= 0.3 is 0 Å².